The third-order valence-corrected chi connectivity index (χ3v) is 4.24. The van der Waals surface area contributed by atoms with E-state index in [1.165, 1.54) is 12.7 Å². The molecule has 0 amide bonds. The van der Waals surface area contributed by atoms with E-state index in [0.29, 0.717) is 5.82 Å². The number of anilines is 2. The normalized spacial score (nSPS) is 16.2. The maximum absolute atomic E-state index is 5.88. The molecule has 3 N–H and O–H groups in total. The Morgan fingerprint density at radius 3 is 2.75 bits per heavy atom. The Hall–Kier alpha value is -2.32. The minimum Gasteiger partial charge on any atom is -0.383 e. The summed E-state index contributed by atoms with van der Waals surface area (Å²) in [7, 11) is 2.18. The second-order valence-corrected chi connectivity index (χ2v) is 6.04. The predicted octanol–water partition coefficient (Wildman–Crippen LogP) is 0.565. The van der Waals surface area contributed by atoms with Crippen molar-refractivity contribution in [2.45, 2.75) is 6.42 Å². The number of nitrogens with two attached hydrogens (primary N) is 1. The van der Waals surface area contributed by atoms with E-state index < -0.39 is 0 Å². The Bertz CT molecular complexity index is 654. The van der Waals surface area contributed by atoms with E-state index in [1.807, 2.05) is 6.07 Å². The molecule has 2 aromatic heterocycles. The highest BCUT2D eigenvalue weighted by Crippen LogP contribution is 2.21. The molecule has 0 spiro atoms. The van der Waals surface area contributed by atoms with Crippen LogP contribution in [0.5, 0.6) is 0 Å². The molecule has 2 aromatic rings. The number of rotatable bonds is 6. The molecule has 0 radical (unpaired) electrons. The summed E-state index contributed by atoms with van der Waals surface area (Å²) in [4.78, 5) is 21.4. The lowest BCUT2D eigenvalue weighted by Crippen LogP contribution is -2.44. The van der Waals surface area contributed by atoms with E-state index in [2.05, 4.69) is 42.1 Å². The minimum absolute atomic E-state index is 0.421. The highest BCUT2D eigenvalue weighted by atomic mass is 15.2. The second kappa shape index (κ2) is 7.98. The number of nitrogen functional groups attached to an aromatic ring is 1. The fourth-order valence-corrected chi connectivity index (χ4v) is 2.73. The summed E-state index contributed by atoms with van der Waals surface area (Å²) in [5.74, 6) is 1.21. The van der Waals surface area contributed by atoms with Crippen molar-refractivity contribution in [2.24, 2.45) is 0 Å². The second-order valence-electron chi connectivity index (χ2n) is 6.04. The molecule has 3 heterocycles. The van der Waals surface area contributed by atoms with Crippen molar-refractivity contribution in [3.05, 3.63) is 24.9 Å². The Morgan fingerprint density at radius 2 is 1.96 bits per heavy atom. The fraction of sp³-hybridized carbons (Fsp3) is 0.500. The molecule has 0 unspecified atom stereocenters. The van der Waals surface area contributed by atoms with Gasteiger partial charge in [-0.2, -0.15) is 0 Å². The molecule has 128 valence electrons. The zero-order chi connectivity index (χ0) is 16.8. The summed E-state index contributed by atoms with van der Waals surface area (Å²) < 4.78 is 0. The molecule has 8 heteroatoms. The van der Waals surface area contributed by atoms with Crippen molar-refractivity contribution >= 4 is 11.6 Å². The van der Waals surface area contributed by atoms with Gasteiger partial charge in [-0.05, 0) is 20.0 Å². The van der Waals surface area contributed by atoms with Crippen LogP contribution in [0.4, 0.5) is 11.6 Å². The van der Waals surface area contributed by atoms with Gasteiger partial charge in [0.15, 0.2) is 0 Å². The molecule has 0 aromatic carbocycles. The summed E-state index contributed by atoms with van der Waals surface area (Å²) >= 11 is 0. The van der Waals surface area contributed by atoms with Gasteiger partial charge in [-0.25, -0.2) is 19.9 Å². The number of likely N-dealkylation sites (N-methyl/N-ethyl adjacent to an activating group) is 1. The Balaban J connectivity index is 1.49. The Labute approximate surface area is 142 Å². The summed E-state index contributed by atoms with van der Waals surface area (Å²) in [6, 6.07) is 1.88. The van der Waals surface area contributed by atoms with Crippen molar-refractivity contribution in [2.75, 3.05) is 57.4 Å². The molecular weight excluding hydrogens is 304 g/mol. The van der Waals surface area contributed by atoms with E-state index in [1.54, 1.807) is 6.20 Å². The van der Waals surface area contributed by atoms with Gasteiger partial charge >= 0.3 is 0 Å². The molecular formula is C16H24N8. The first kappa shape index (κ1) is 16.5. The number of hydrogen-bond acceptors (Lipinski definition) is 8. The van der Waals surface area contributed by atoms with E-state index in [0.717, 1.165) is 62.8 Å². The van der Waals surface area contributed by atoms with Gasteiger partial charge in [-0.3, -0.25) is 0 Å². The summed E-state index contributed by atoms with van der Waals surface area (Å²) in [5.41, 5.74) is 7.32. The van der Waals surface area contributed by atoms with Crippen molar-refractivity contribution in [3.63, 3.8) is 0 Å². The van der Waals surface area contributed by atoms with Crippen LogP contribution < -0.4 is 11.1 Å². The van der Waals surface area contributed by atoms with Gasteiger partial charge in [-0.1, -0.05) is 0 Å². The van der Waals surface area contributed by atoms with Gasteiger partial charge in [0.2, 0.25) is 0 Å². The van der Waals surface area contributed by atoms with E-state index >= 15 is 0 Å². The predicted molar refractivity (Wildman–Crippen MR) is 94.5 cm³/mol. The van der Waals surface area contributed by atoms with Crippen LogP contribution in [0.1, 0.15) is 6.42 Å². The molecule has 0 aliphatic carbocycles. The van der Waals surface area contributed by atoms with Gasteiger partial charge in [-0.15, -0.1) is 0 Å². The quantitative estimate of drug-likeness (QED) is 0.743. The van der Waals surface area contributed by atoms with E-state index in [4.69, 9.17) is 5.73 Å². The van der Waals surface area contributed by atoms with Crippen LogP contribution >= 0.6 is 0 Å². The third-order valence-electron chi connectivity index (χ3n) is 4.24. The summed E-state index contributed by atoms with van der Waals surface area (Å²) in [6.07, 6.45) is 5.71. The first-order valence-electron chi connectivity index (χ1n) is 8.25. The summed E-state index contributed by atoms with van der Waals surface area (Å²) in [5, 5.41) is 3.35. The highest BCUT2D eigenvalue weighted by molar-refractivity contribution is 5.71. The van der Waals surface area contributed by atoms with Gasteiger partial charge < -0.3 is 20.9 Å². The SMILES string of the molecule is CN1CCN(CCCNc2cc(-c3cncnc3N)ncn2)CC1. The van der Waals surface area contributed by atoms with Gasteiger partial charge in [0, 0.05) is 45.0 Å². The number of aromatic nitrogens is 4. The number of nitrogens with zero attached hydrogens (tertiary/aromatic N) is 6. The molecule has 24 heavy (non-hydrogen) atoms. The first-order chi connectivity index (χ1) is 11.7. The molecule has 0 saturated carbocycles. The molecule has 1 saturated heterocycles. The average Bonchev–Trinajstić information content (AvgIpc) is 2.61. The van der Waals surface area contributed by atoms with Crippen LogP contribution in [-0.2, 0) is 0 Å². The molecule has 3 rings (SSSR count). The zero-order valence-electron chi connectivity index (χ0n) is 14.0. The van der Waals surface area contributed by atoms with Crippen molar-refractivity contribution < 1.29 is 0 Å². The largest absolute Gasteiger partial charge is 0.383 e. The fourth-order valence-electron chi connectivity index (χ4n) is 2.73. The van der Waals surface area contributed by atoms with E-state index in [9.17, 15) is 0 Å². The van der Waals surface area contributed by atoms with Crippen LogP contribution in [0.3, 0.4) is 0 Å². The van der Waals surface area contributed by atoms with Crippen LogP contribution in [0.25, 0.3) is 11.3 Å². The molecule has 0 bridgehead atoms. The third kappa shape index (κ3) is 4.36. The average molecular weight is 328 g/mol. The lowest BCUT2D eigenvalue weighted by molar-refractivity contribution is 0.154. The van der Waals surface area contributed by atoms with E-state index in [-0.39, 0.29) is 0 Å². The van der Waals surface area contributed by atoms with Crippen molar-refractivity contribution in [3.8, 4) is 11.3 Å². The number of piperazine rings is 1. The number of hydrogen-bond donors (Lipinski definition) is 2. The lowest BCUT2D eigenvalue weighted by atomic mass is 10.2. The molecule has 1 aliphatic rings. The van der Waals surface area contributed by atoms with Crippen molar-refractivity contribution in [1.29, 1.82) is 0 Å². The van der Waals surface area contributed by atoms with Crippen LogP contribution in [0.2, 0.25) is 0 Å². The summed E-state index contributed by atoms with van der Waals surface area (Å²) in [6.45, 7) is 6.61. The van der Waals surface area contributed by atoms with Crippen LogP contribution in [0.15, 0.2) is 24.9 Å². The monoisotopic (exact) mass is 328 g/mol. The maximum atomic E-state index is 5.88. The number of nitrogens with one attached hydrogen (secondary N) is 1. The smallest absolute Gasteiger partial charge is 0.136 e. The van der Waals surface area contributed by atoms with Gasteiger partial charge in [0.1, 0.15) is 24.3 Å². The first-order valence-corrected chi connectivity index (χ1v) is 8.25. The van der Waals surface area contributed by atoms with Gasteiger partial charge in [0.25, 0.3) is 0 Å². The molecule has 1 aliphatic heterocycles. The highest BCUT2D eigenvalue weighted by Gasteiger charge is 2.12. The van der Waals surface area contributed by atoms with Crippen LogP contribution in [-0.4, -0.2) is 76.1 Å². The van der Waals surface area contributed by atoms with Gasteiger partial charge in [0.05, 0.1) is 11.3 Å². The van der Waals surface area contributed by atoms with Crippen molar-refractivity contribution in [1.82, 2.24) is 29.7 Å². The molecule has 0 atom stereocenters. The Morgan fingerprint density at radius 1 is 1.12 bits per heavy atom. The minimum atomic E-state index is 0.421. The lowest BCUT2D eigenvalue weighted by Gasteiger charge is -2.32. The standard InChI is InChI=1S/C16H24N8/c1-23-5-7-24(8-6-23)4-2-3-19-15-9-14(20-12-21-15)13-10-18-11-22-16(13)17/h9-12H,2-8H2,1H3,(H2,17,18,22)(H,19,20,21). The Kier molecular flexibility index (Phi) is 5.50. The molecule has 1 fully saturated rings. The maximum Gasteiger partial charge on any atom is 0.136 e. The van der Waals surface area contributed by atoms with Crippen LogP contribution in [0, 0.1) is 0 Å². The topological polar surface area (TPSA) is 96.1 Å². The zero-order valence-corrected chi connectivity index (χ0v) is 14.0. The molecule has 8 nitrogen and oxygen atoms in total.